The van der Waals surface area contributed by atoms with Crippen molar-refractivity contribution in [2.75, 3.05) is 19.5 Å². The summed E-state index contributed by atoms with van der Waals surface area (Å²) < 4.78 is 11.5. The third kappa shape index (κ3) is 4.61. The number of anilines is 1. The first-order valence-electron chi connectivity index (χ1n) is 9.95. The van der Waals surface area contributed by atoms with Crippen molar-refractivity contribution in [1.29, 1.82) is 0 Å². The molecule has 31 heavy (non-hydrogen) atoms. The number of rotatable bonds is 8. The summed E-state index contributed by atoms with van der Waals surface area (Å²) in [5.74, 6) is 0.538. The molecule has 0 aliphatic heterocycles. The molecule has 0 fully saturated rings. The summed E-state index contributed by atoms with van der Waals surface area (Å²) in [5, 5.41) is 3.29. The van der Waals surface area contributed by atoms with Gasteiger partial charge in [0.05, 0.1) is 30.2 Å². The number of aryl methyl sites for hydroxylation is 2. The Hall–Kier alpha value is -3.20. The number of amides is 1. The molecule has 0 aliphatic carbocycles. The van der Waals surface area contributed by atoms with Crippen LogP contribution in [0.4, 0.5) is 5.69 Å². The van der Waals surface area contributed by atoms with Crippen molar-refractivity contribution in [3.63, 3.8) is 0 Å². The lowest BCUT2D eigenvalue weighted by Crippen LogP contribution is -2.25. The first-order valence-corrected chi connectivity index (χ1v) is 10.8. The van der Waals surface area contributed by atoms with Crippen LogP contribution in [0.2, 0.25) is 0 Å². The Morgan fingerprint density at radius 2 is 1.97 bits per heavy atom. The number of nitrogens with zero attached hydrogens (tertiary/aromatic N) is 2. The summed E-state index contributed by atoms with van der Waals surface area (Å²) in [4.78, 5) is 43.2. The van der Waals surface area contributed by atoms with Crippen LogP contribution in [0.15, 0.2) is 29.1 Å². The van der Waals surface area contributed by atoms with Crippen LogP contribution in [0, 0.1) is 6.92 Å². The molecule has 0 saturated carbocycles. The fourth-order valence-corrected chi connectivity index (χ4v) is 4.47. The number of para-hydroxylation sites is 2. The molecule has 0 unspecified atom stereocenters. The molecule has 0 spiro atoms. The van der Waals surface area contributed by atoms with E-state index in [-0.39, 0.29) is 23.9 Å². The fourth-order valence-electron chi connectivity index (χ4n) is 3.39. The maximum atomic E-state index is 13.2. The molecule has 2 aromatic heterocycles. The van der Waals surface area contributed by atoms with Crippen LogP contribution in [-0.2, 0) is 22.5 Å². The minimum atomic E-state index is -0.320. The van der Waals surface area contributed by atoms with Gasteiger partial charge in [0.2, 0.25) is 0 Å². The quantitative estimate of drug-likeness (QED) is 0.535. The third-order valence-corrected chi connectivity index (χ3v) is 6.18. The molecule has 1 aromatic carbocycles. The zero-order chi connectivity index (χ0) is 22.5. The highest BCUT2D eigenvalue weighted by Crippen LogP contribution is 2.30. The first kappa shape index (κ1) is 22.5. The van der Waals surface area contributed by atoms with E-state index in [4.69, 9.17) is 4.74 Å². The van der Waals surface area contributed by atoms with Gasteiger partial charge in [0.25, 0.3) is 11.5 Å². The number of aromatic nitrogens is 2. The Bertz CT molecular complexity index is 1180. The van der Waals surface area contributed by atoms with Gasteiger partial charge in [-0.05, 0) is 31.0 Å². The number of carbonyl (C=O) groups is 2. The summed E-state index contributed by atoms with van der Waals surface area (Å²) >= 11 is 1.20. The molecule has 3 aromatic rings. The SMILES string of the molecule is CCc1nc2sc(C(=O)Nc3ccccc3OC)c(C)c2c(=O)n1CCCC(=O)OC. The molecule has 1 N–H and O–H groups in total. The number of fused-ring (bicyclic) bond motifs is 1. The molecule has 0 bridgehead atoms. The summed E-state index contributed by atoms with van der Waals surface area (Å²) in [5.41, 5.74) is 0.945. The minimum Gasteiger partial charge on any atom is -0.495 e. The number of hydrogen-bond donors (Lipinski definition) is 1. The second-order valence-electron chi connectivity index (χ2n) is 6.91. The number of thiophene rings is 1. The van der Waals surface area contributed by atoms with Crippen LogP contribution >= 0.6 is 11.3 Å². The number of esters is 1. The number of ether oxygens (including phenoxy) is 2. The molecule has 0 saturated heterocycles. The molecule has 2 heterocycles. The lowest BCUT2D eigenvalue weighted by atomic mass is 10.2. The highest BCUT2D eigenvalue weighted by molar-refractivity contribution is 7.20. The van der Waals surface area contributed by atoms with Gasteiger partial charge in [0.1, 0.15) is 16.4 Å². The van der Waals surface area contributed by atoms with Gasteiger partial charge in [-0.3, -0.25) is 19.0 Å². The largest absolute Gasteiger partial charge is 0.495 e. The van der Waals surface area contributed by atoms with Crippen molar-refractivity contribution >= 4 is 39.1 Å². The van der Waals surface area contributed by atoms with Crippen LogP contribution in [0.5, 0.6) is 5.75 Å². The average molecular weight is 444 g/mol. The van der Waals surface area contributed by atoms with E-state index in [2.05, 4.69) is 15.0 Å². The Kier molecular flexibility index (Phi) is 7.06. The molecule has 1 amide bonds. The fraction of sp³-hybridized carbons (Fsp3) is 0.364. The summed E-state index contributed by atoms with van der Waals surface area (Å²) in [7, 11) is 2.88. The van der Waals surface area contributed by atoms with Crippen LogP contribution in [0.25, 0.3) is 10.2 Å². The van der Waals surface area contributed by atoms with Gasteiger partial charge < -0.3 is 14.8 Å². The summed E-state index contributed by atoms with van der Waals surface area (Å²) in [6, 6.07) is 7.13. The number of benzene rings is 1. The maximum Gasteiger partial charge on any atom is 0.305 e. The molecule has 0 atom stereocenters. The number of carbonyl (C=O) groups excluding carboxylic acids is 2. The van der Waals surface area contributed by atoms with Crippen molar-refractivity contribution in [1.82, 2.24) is 9.55 Å². The maximum absolute atomic E-state index is 13.2. The van der Waals surface area contributed by atoms with Gasteiger partial charge >= 0.3 is 5.97 Å². The Balaban J connectivity index is 1.97. The molecular weight excluding hydrogens is 418 g/mol. The van der Waals surface area contributed by atoms with Gasteiger partial charge in [-0.25, -0.2) is 4.98 Å². The average Bonchev–Trinajstić information content (AvgIpc) is 3.11. The highest BCUT2D eigenvalue weighted by atomic mass is 32.1. The van der Waals surface area contributed by atoms with E-state index in [9.17, 15) is 14.4 Å². The monoisotopic (exact) mass is 443 g/mol. The lowest BCUT2D eigenvalue weighted by molar-refractivity contribution is -0.140. The van der Waals surface area contributed by atoms with Gasteiger partial charge in [-0.15, -0.1) is 11.3 Å². The molecule has 0 aliphatic rings. The molecule has 3 rings (SSSR count). The van der Waals surface area contributed by atoms with E-state index >= 15 is 0 Å². The topological polar surface area (TPSA) is 99.5 Å². The summed E-state index contributed by atoms with van der Waals surface area (Å²) in [6.07, 6.45) is 1.25. The van der Waals surface area contributed by atoms with Crippen molar-refractivity contribution in [3.8, 4) is 5.75 Å². The normalized spacial score (nSPS) is 10.8. The second-order valence-corrected chi connectivity index (χ2v) is 7.91. The van der Waals surface area contributed by atoms with E-state index < -0.39 is 0 Å². The van der Waals surface area contributed by atoms with Gasteiger partial charge in [-0.2, -0.15) is 0 Å². The third-order valence-electron chi connectivity index (χ3n) is 5.00. The van der Waals surface area contributed by atoms with Crippen LogP contribution in [0.3, 0.4) is 0 Å². The number of methoxy groups -OCH3 is 2. The van der Waals surface area contributed by atoms with Crippen molar-refractivity contribution in [3.05, 3.63) is 50.9 Å². The van der Waals surface area contributed by atoms with Gasteiger partial charge in [0.15, 0.2) is 0 Å². The molecule has 9 heteroatoms. The Labute approximate surface area is 183 Å². The smallest absolute Gasteiger partial charge is 0.305 e. The zero-order valence-corrected chi connectivity index (χ0v) is 18.8. The second kappa shape index (κ2) is 9.74. The van der Waals surface area contributed by atoms with E-state index in [0.717, 1.165) is 0 Å². The van der Waals surface area contributed by atoms with Crippen LogP contribution < -0.4 is 15.6 Å². The molecule has 164 valence electrons. The van der Waals surface area contributed by atoms with Crippen molar-refractivity contribution < 1.29 is 19.1 Å². The Morgan fingerprint density at radius 1 is 1.23 bits per heavy atom. The molecule has 8 nitrogen and oxygen atoms in total. The van der Waals surface area contributed by atoms with E-state index in [1.165, 1.54) is 25.6 Å². The van der Waals surface area contributed by atoms with Crippen LogP contribution in [-0.4, -0.2) is 35.6 Å². The minimum absolute atomic E-state index is 0.197. The standard InChI is InChI=1S/C22H25N3O5S/c1-5-16-24-21-18(22(28)25(16)12-8-11-17(26)30-4)13(2)19(31-21)20(27)23-14-9-6-7-10-15(14)29-3/h6-7,9-10H,5,8,11-12H2,1-4H3,(H,23,27). The lowest BCUT2D eigenvalue weighted by Gasteiger charge is -2.11. The number of nitrogens with one attached hydrogen (secondary N) is 1. The highest BCUT2D eigenvalue weighted by Gasteiger charge is 2.22. The van der Waals surface area contributed by atoms with Crippen molar-refractivity contribution in [2.24, 2.45) is 0 Å². The van der Waals surface area contributed by atoms with Gasteiger partial charge in [0, 0.05) is 19.4 Å². The Morgan fingerprint density at radius 3 is 2.65 bits per heavy atom. The predicted molar refractivity (Wildman–Crippen MR) is 120 cm³/mol. The number of hydrogen-bond acceptors (Lipinski definition) is 7. The van der Waals surface area contributed by atoms with Gasteiger partial charge in [-0.1, -0.05) is 19.1 Å². The molecular formula is C22H25N3O5S. The van der Waals surface area contributed by atoms with E-state index in [1.54, 1.807) is 29.7 Å². The first-order chi connectivity index (χ1) is 14.9. The summed E-state index contributed by atoms with van der Waals surface area (Å²) in [6.45, 7) is 4.03. The van der Waals surface area contributed by atoms with E-state index in [1.807, 2.05) is 13.0 Å². The van der Waals surface area contributed by atoms with Crippen molar-refractivity contribution in [2.45, 2.75) is 39.7 Å². The predicted octanol–water partition coefficient (Wildman–Crippen LogP) is 3.54. The van der Waals surface area contributed by atoms with E-state index in [0.29, 0.717) is 57.3 Å². The zero-order valence-electron chi connectivity index (χ0n) is 18.0. The van der Waals surface area contributed by atoms with Crippen LogP contribution in [0.1, 0.15) is 40.8 Å². The molecule has 0 radical (unpaired) electrons.